The first-order chi connectivity index (χ1) is 9.24. The monoisotopic (exact) mass is 261 g/mol. The third kappa shape index (κ3) is 5.03. The Labute approximate surface area is 115 Å². The molecule has 3 aliphatic rings. The summed E-state index contributed by atoms with van der Waals surface area (Å²) in [6, 6.07) is 9.62. The number of piperidine rings is 3. The van der Waals surface area contributed by atoms with E-state index in [0.29, 0.717) is 6.42 Å². The smallest absolute Gasteiger partial charge is 0.303 e. The molecular formula is C16H23NO2. The first-order valence-electron chi connectivity index (χ1n) is 7.22. The van der Waals surface area contributed by atoms with Gasteiger partial charge in [0.05, 0.1) is 0 Å². The van der Waals surface area contributed by atoms with Crippen molar-refractivity contribution in [2.75, 3.05) is 19.6 Å². The molecule has 0 saturated carbocycles. The number of aryl methyl sites for hydroxylation is 1. The van der Waals surface area contributed by atoms with Crippen molar-refractivity contribution >= 4 is 5.97 Å². The first-order valence-corrected chi connectivity index (χ1v) is 7.22. The second-order valence-electron chi connectivity index (χ2n) is 5.45. The number of hydrogen-bond acceptors (Lipinski definition) is 2. The van der Waals surface area contributed by atoms with Crippen molar-refractivity contribution in [3.63, 3.8) is 0 Å². The van der Waals surface area contributed by atoms with Crippen LogP contribution in [0.25, 0.3) is 0 Å². The van der Waals surface area contributed by atoms with E-state index in [2.05, 4.69) is 4.90 Å². The normalized spacial score (nSPS) is 24.4. The molecule has 19 heavy (non-hydrogen) atoms. The Morgan fingerprint density at radius 3 is 2.05 bits per heavy atom. The second kappa shape index (κ2) is 7.29. The van der Waals surface area contributed by atoms with Crippen LogP contribution in [-0.2, 0) is 11.2 Å². The molecule has 0 spiro atoms. The molecule has 0 aromatic heterocycles. The zero-order valence-electron chi connectivity index (χ0n) is 11.4. The molecule has 3 saturated heterocycles. The van der Waals surface area contributed by atoms with E-state index in [9.17, 15) is 4.79 Å². The van der Waals surface area contributed by atoms with Crippen molar-refractivity contribution in [2.45, 2.75) is 32.1 Å². The maximum atomic E-state index is 10.2. The standard InChI is InChI=1S/C9H10O2.C7H13N/c10-9(11)7-6-8-4-2-1-3-5-8;1-4-8-5-2-7(1)3-6-8/h1-5H,6-7H2,(H,10,11);7H,1-6H2. The molecular weight excluding hydrogens is 238 g/mol. The predicted molar refractivity (Wildman–Crippen MR) is 76.2 cm³/mol. The van der Waals surface area contributed by atoms with E-state index in [1.165, 1.54) is 38.9 Å². The van der Waals surface area contributed by atoms with Crippen molar-refractivity contribution in [3.8, 4) is 0 Å². The van der Waals surface area contributed by atoms with Gasteiger partial charge in [0.2, 0.25) is 0 Å². The summed E-state index contributed by atoms with van der Waals surface area (Å²) in [5.74, 6) is 0.369. The Balaban J connectivity index is 0.000000146. The van der Waals surface area contributed by atoms with Crippen molar-refractivity contribution in [3.05, 3.63) is 35.9 Å². The highest BCUT2D eigenvalue weighted by molar-refractivity contribution is 5.67. The van der Waals surface area contributed by atoms with E-state index in [1.54, 1.807) is 0 Å². The maximum Gasteiger partial charge on any atom is 0.303 e. The number of carbonyl (C=O) groups is 1. The summed E-state index contributed by atoms with van der Waals surface area (Å²) in [6.45, 7) is 4.18. The SMILES string of the molecule is C1CN2CCC1CC2.O=C(O)CCc1ccccc1. The van der Waals surface area contributed by atoms with Crippen LogP contribution in [0.15, 0.2) is 30.3 Å². The second-order valence-corrected chi connectivity index (χ2v) is 5.45. The molecule has 0 aliphatic carbocycles. The van der Waals surface area contributed by atoms with Crippen LogP contribution >= 0.6 is 0 Å². The van der Waals surface area contributed by atoms with Gasteiger partial charge in [0.15, 0.2) is 0 Å². The van der Waals surface area contributed by atoms with E-state index >= 15 is 0 Å². The van der Waals surface area contributed by atoms with Gasteiger partial charge >= 0.3 is 5.97 Å². The Hall–Kier alpha value is -1.35. The third-order valence-corrected chi connectivity index (χ3v) is 4.03. The van der Waals surface area contributed by atoms with Crippen LogP contribution in [0, 0.1) is 5.92 Å². The van der Waals surface area contributed by atoms with Crippen LogP contribution in [0.5, 0.6) is 0 Å². The predicted octanol–water partition coefficient (Wildman–Crippen LogP) is 2.81. The van der Waals surface area contributed by atoms with Crippen LogP contribution < -0.4 is 0 Å². The fraction of sp³-hybridized carbons (Fsp3) is 0.562. The zero-order valence-corrected chi connectivity index (χ0v) is 11.4. The number of carboxylic acid groups (broad SMARTS) is 1. The van der Waals surface area contributed by atoms with E-state index in [-0.39, 0.29) is 6.42 Å². The van der Waals surface area contributed by atoms with Crippen LogP contribution in [0.3, 0.4) is 0 Å². The summed E-state index contributed by atoms with van der Waals surface area (Å²) < 4.78 is 0. The average Bonchev–Trinajstić information content (AvgIpc) is 2.49. The molecule has 1 N–H and O–H groups in total. The van der Waals surface area contributed by atoms with Crippen LogP contribution in [0.2, 0.25) is 0 Å². The largest absolute Gasteiger partial charge is 0.481 e. The van der Waals surface area contributed by atoms with Crippen LogP contribution in [-0.4, -0.2) is 35.6 Å². The van der Waals surface area contributed by atoms with Gasteiger partial charge in [-0.2, -0.15) is 0 Å². The van der Waals surface area contributed by atoms with Crippen molar-refractivity contribution in [1.82, 2.24) is 4.90 Å². The lowest BCUT2D eigenvalue weighted by molar-refractivity contribution is -0.136. The van der Waals surface area contributed by atoms with Gasteiger partial charge in [0.25, 0.3) is 0 Å². The van der Waals surface area contributed by atoms with Crippen LogP contribution in [0.4, 0.5) is 0 Å². The minimum absolute atomic E-state index is 0.212. The number of aliphatic carboxylic acids is 1. The molecule has 3 fully saturated rings. The van der Waals surface area contributed by atoms with E-state index < -0.39 is 5.97 Å². The van der Waals surface area contributed by atoms with E-state index in [4.69, 9.17) is 5.11 Å². The molecule has 4 rings (SSSR count). The molecule has 3 nitrogen and oxygen atoms in total. The summed E-state index contributed by atoms with van der Waals surface area (Å²) in [6.07, 6.45) is 5.29. The minimum Gasteiger partial charge on any atom is -0.481 e. The average molecular weight is 261 g/mol. The summed E-state index contributed by atoms with van der Waals surface area (Å²) in [7, 11) is 0. The lowest BCUT2D eigenvalue weighted by Crippen LogP contribution is -2.41. The molecule has 1 aromatic rings. The van der Waals surface area contributed by atoms with Gasteiger partial charge < -0.3 is 10.0 Å². The van der Waals surface area contributed by atoms with Gasteiger partial charge in [-0.15, -0.1) is 0 Å². The topological polar surface area (TPSA) is 40.5 Å². The lowest BCUT2D eigenvalue weighted by Gasteiger charge is -2.38. The number of nitrogens with zero attached hydrogens (tertiary/aromatic N) is 1. The van der Waals surface area contributed by atoms with Gasteiger partial charge in [0.1, 0.15) is 0 Å². The third-order valence-electron chi connectivity index (χ3n) is 4.03. The number of hydrogen-bond donors (Lipinski definition) is 1. The number of fused-ring (bicyclic) bond motifs is 3. The van der Waals surface area contributed by atoms with Gasteiger partial charge in [0, 0.05) is 6.42 Å². The molecule has 104 valence electrons. The Kier molecular flexibility index (Phi) is 5.40. The van der Waals surface area contributed by atoms with Crippen molar-refractivity contribution < 1.29 is 9.90 Å². The number of benzene rings is 1. The fourth-order valence-corrected chi connectivity index (χ4v) is 2.76. The molecule has 3 heteroatoms. The number of carboxylic acids is 1. The van der Waals surface area contributed by atoms with Gasteiger partial charge in [-0.05, 0) is 56.8 Å². The summed E-state index contributed by atoms with van der Waals surface area (Å²) in [5.41, 5.74) is 1.08. The molecule has 1 aromatic carbocycles. The van der Waals surface area contributed by atoms with Crippen molar-refractivity contribution in [1.29, 1.82) is 0 Å². The Bertz CT molecular complexity index is 360. The lowest BCUT2D eigenvalue weighted by atomic mass is 9.89. The van der Waals surface area contributed by atoms with Gasteiger partial charge in [-0.25, -0.2) is 0 Å². The number of rotatable bonds is 3. The molecule has 3 heterocycles. The molecule has 0 radical (unpaired) electrons. The molecule has 0 amide bonds. The molecule has 2 bridgehead atoms. The van der Waals surface area contributed by atoms with E-state index in [1.807, 2.05) is 30.3 Å². The van der Waals surface area contributed by atoms with E-state index in [0.717, 1.165) is 11.5 Å². The van der Waals surface area contributed by atoms with Crippen molar-refractivity contribution in [2.24, 2.45) is 5.92 Å². The minimum atomic E-state index is -0.742. The zero-order chi connectivity index (χ0) is 13.5. The van der Waals surface area contributed by atoms with Gasteiger partial charge in [-0.3, -0.25) is 4.79 Å². The van der Waals surface area contributed by atoms with Gasteiger partial charge in [-0.1, -0.05) is 30.3 Å². The Morgan fingerprint density at radius 2 is 1.68 bits per heavy atom. The molecule has 0 atom stereocenters. The highest BCUT2D eigenvalue weighted by Gasteiger charge is 2.24. The summed E-state index contributed by atoms with van der Waals surface area (Å²) >= 11 is 0. The maximum absolute atomic E-state index is 10.2. The first kappa shape index (κ1) is 14.1. The molecule has 0 unspecified atom stereocenters. The van der Waals surface area contributed by atoms with Crippen LogP contribution in [0.1, 0.15) is 31.2 Å². The Morgan fingerprint density at radius 1 is 1.11 bits per heavy atom. The quantitative estimate of drug-likeness (QED) is 0.909. The highest BCUT2D eigenvalue weighted by Crippen LogP contribution is 2.26. The highest BCUT2D eigenvalue weighted by atomic mass is 16.4. The summed E-state index contributed by atoms with van der Waals surface area (Å²) in [4.78, 5) is 12.8. The fourth-order valence-electron chi connectivity index (χ4n) is 2.76. The molecule has 3 aliphatic heterocycles. The summed E-state index contributed by atoms with van der Waals surface area (Å²) in [5, 5.41) is 8.37.